The van der Waals surface area contributed by atoms with Crippen LogP contribution in [0.1, 0.15) is 36.1 Å². The van der Waals surface area contributed by atoms with Crippen LogP contribution in [0.15, 0.2) is 37.8 Å². The molecule has 0 radical (unpaired) electrons. The van der Waals surface area contributed by atoms with E-state index in [9.17, 15) is 4.79 Å². The number of aromatic nitrogens is 3. The zero-order chi connectivity index (χ0) is 18.1. The summed E-state index contributed by atoms with van der Waals surface area (Å²) in [6.45, 7) is 6.33. The van der Waals surface area contributed by atoms with Gasteiger partial charge in [0.1, 0.15) is 0 Å². The molecule has 0 aromatic carbocycles. The highest BCUT2D eigenvalue weighted by atomic mass is 16.5. The first-order valence-corrected chi connectivity index (χ1v) is 8.50. The third kappa shape index (κ3) is 3.07. The lowest BCUT2D eigenvalue weighted by molar-refractivity contribution is 0.0734. The van der Waals surface area contributed by atoms with Crippen LogP contribution in [0, 0.1) is 0 Å². The molecule has 3 aromatic heterocycles. The largest absolute Gasteiger partial charge is 0.461 e. The van der Waals surface area contributed by atoms with Crippen molar-refractivity contribution in [2.75, 3.05) is 31.1 Å². The number of hydrogen-bond acceptors (Lipinski definition) is 8. The minimum Gasteiger partial charge on any atom is -0.461 e. The van der Waals surface area contributed by atoms with Crippen molar-refractivity contribution in [1.29, 1.82) is 0 Å². The molecule has 3 aromatic rings. The molecule has 0 saturated carbocycles. The SMILES string of the molecule is CC(C)c1nnc(N2CCN(C(=O)c3cc(-c4ccco4)on3)CC2)o1. The Labute approximate surface area is 149 Å². The van der Waals surface area contributed by atoms with E-state index in [1.807, 2.05) is 18.7 Å². The molecule has 9 nitrogen and oxygen atoms in total. The molecular formula is C17H19N5O4. The first-order chi connectivity index (χ1) is 12.6. The van der Waals surface area contributed by atoms with E-state index in [1.165, 1.54) is 0 Å². The molecular weight excluding hydrogens is 338 g/mol. The van der Waals surface area contributed by atoms with Gasteiger partial charge in [0.15, 0.2) is 11.5 Å². The summed E-state index contributed by atoms with van der Waals surface area (Å²) in [5, 5.41) is 12.0. The summed E-state index contributed by atoms with van der Waals surface area (Å²) in [6.07, 6.45) is 1.54. The molecule has 9 heteroatoms. The van der Waals surface area contributed by atoms with E-state index in [1.54, 1.807) is 29.4 Å². The number of carbonyl (C=O) groups is 1. The van der Waals surface area contributed by atoms with E-state index in [0.29, 0.717) is 49.6 Å². The van der Waals surface area contributed by atoms with Crippen LogP contribution in [0.25, 0.3) is 11.5 Å². The number of rotatable bonds is 4. The summed E-state index contributed by atoms with van der Waals surface area (Å²) in [7, 11) is 0. The van der Waals surface area contributed by atoms with E-state index in [-0.39, 0.29) is 17.5 Å². The number of anilines is 1. The molecule has 1 aliphatic rings. The van der Waals surface area contributed by atoms with Crippen LogP contribution in [0.3, 0.4) is 0 Å². The molecule has 136 valence electrons. The van der Waals surface area contributed by atoms with E-state index >= 15 is 0 Å². The highest BCUT2D eigenvalue weighted by Crippen LogP contribution is 2.22. The second-order valence-corrected chi connectivity index (χ2v) is 6.41. The Morgan fingerprint density at radius 3 is 2.62 bits per heavy atom. The van der Waals surface area contributed by atoms with Crippen molar-refractivity contribution in [2.24, 2.45) is 0 Å². The maximum absolute atomic E-state index is 12.6. The average molecular weight is 357 g/mol. The number of amides is 1. The second kappa shape index (κ2) is 6.66. The van der Waals surface area contributed by atoms with Gasteiger partial charge < -0.3 is 23.2 Å². The molecule has 1 saturated heterocycles. The van der Waals surface area contributed by atoms with E-state index in [2.05, 4.69) is 15.4 Å². The Morgan fingerprint density at radius 1 is 1.15 bits per heavy atom. The molecule has 0 unspecified atom stereocenters. The molecule has 26 heavy (non-hydrogen) atoms. The number of hydrogen-bond donors (Lipinski definition) is 0. The van der Waals surface area contributed by atoms with Gasteiger partial charge >= 0.3 is 6.01 Å². The summed E-state index contributed by atoms with van der Waals surface area (Å²) in [6, 6.07) is 5.60. The van der Waals surface area contributed by atoms with Gasteiger partial charge in [-0.2, -0.15) is 0 Å². The third-order valence-corrected chi connectivity index (χ3v) is 4.25. The molecule has 0 bridgehead atoms. The number of furan rings is 1. The van der Waals surface area contributed by atoms with Crippen molar-refractivity contribution in [1.82, 2.24) is 20.3 Å². The van der Waals surface area contributed by atoms with Crippen LogP contribution in [-0.2, 0) is 0 Å². The highest BCUT2D eigenvalue weighted by molar-refractivity contribution is 5.93. The quantitative estimate of drug-likeness (QED) is 0.701. The third-order valence-electron chi connectivity index (χ3n) is 4.25. The molecule has 1 fully saturated rings. The number of piperazine rings is 1. The molecule has 4 heterocycles. The highest BCUT2D eigenvalue weighted by Gasteiger charge is 2.27. The Morgan fingerprint density at radius 2 is 1.96 bits per heavy atom. The smallest absolute Gasteiger partial charge is 0.318 e. The maximum Gasteiger partial charge on any atom is 0.318 e. The topological polar surface area (TPSA) is 102 Å². The van der Waals surface area contributed by atoms with Gasteiger partial charge in [0.2, 0.25) is 11.7 Å². The van der Waals surface area contributed by atoms with Crippen molar-refractivity contribution in [3.63, 3.8) is 0 Å². The van der Waals surface area contributed by atoms with Crippen molar-refractivity contribution in [3.05, 3.63) is 36.0 Å². The fourth-order valence-electron chi connectivity index (χ4n) is 2.76. The predicted octanol–water partition coefficient (Wildman–Crippen LogP) is 2.40. The van der Waals surface area contributed by atoms with Crippen molar-refractivity contribution in [3.8, 4) is 11.5 Å². The fourth-order valence-corrected chi connectivity index (χ4v) is 2.76. The Kier molecular flexibility index (Phi) is 4.19. The van der Waals surface area contributed by atoms with Crippen LogP contribution < -0.4 is 4.90 Å². The second-order valence-electron chi connectivity index (χ2n) is 6.41. The molecule has 1 amide bonds. The maximum atomic E-state index is 12.6. The van der Waals surface area contributed by atoms with Crippen molar-refractivity contribution in [2.45, 2.75) is 19.8 Å². The summed E-state index contributed by atoms with van der Waals surface area (Å²) in [5.41, 5.74) is 0.268. The molecule has 0 atom stereocenters. The summed E-state index contributed by atoms with van der Waals surface area (Å²) in [5.74, 6) is 1.61. The summed E-state index contributed by atoms with van der Waals surface area (Å²) >= 11 is 0. The lowest BCUT2D eigenvalue weighted by atomic mass is 10.2. The zero-order valence-electron chi connectivity index (χ0n) is 14.6. The van der Waals surface area contributed by atoms with Crippen LogP contribution in [0.2, 0.25) is 0 Å². The van der Waals surface area contributed by atoms with Crippen LogP contribution in [0.4, 0.5) is 6.01 Å². The van der Waals surface area contributed by atoms with Crippen LogP contribution in [-0.4, -0.2) is 52.3 Å². The van der Waals surface area contributed by atoms with Crippen molar-refractivity contribution < 1.29 is 18.2 Å². The first-order valence-electron chi connectivity index (χ1n) is 8.50. The normalized spacial score (nSPS) is 15.0. The Hall–Kier alpha value is -3.10. The fraction of sp³-hybridized carbons (Fsp3) is 0.412. The molecule has 0 aliphatic carbocycles. The molecule has 4 rings (SSSR count). The van der Waals surface area contributed by atoms with Crippen LogP contribution in [0.5, 0.6) is 0 Å². The molecule has 0 N–H and O–H groups in total. The van der Waals surface area contributed by atoms with Gasteiger partial charge in [0.05, 0.1) is 6.26 Å². The van der Waals surface area contributed by atoms with Crippen molar-refractivity contribution >= 4 is 11.9 Å². The van der Waals surface area contributed by atoms with E-state index in [0.717, 1.165) is 0 Å². The lowest BCUT2D eigenvalue weighted by Gasteiger charge is -2.33. The standard InChI is InChI=1S/C17H19N5O4/c1-11(2)15-18-19-17(25-15)22-7-5-21(6-8-22)16(23)12-10-14(26-20-12)13-4-3-9-24-13/h3-4,9-11H,5-8H2,1-2H3. The summed E-state index contributed by atoms with van der Waals surface area (Å²) < 4.78 is 16.1. The van der Waals surface area contributed by atoms with Gasteiger partial charge in [0.25, 0.3) is 5.91 Å². The Bertz CT molecular complexity index is 875. The van der Waals surface area contributed by atoms with Crippen LogP contribution >= 0.6 is 0 Å². The van der Waals surface area contributed by atoms with Gasteiger partial charge in [-0.25, -0.2) is 0 Å². The van der Waals surface area contributed by atoms with Gasteiger partial charge in [-0.15, -0.1) is 5.10 Å². The van der Waals surface area contributed by atoms with Gasteiger partial charge in [-0.1, -0.05) is 24.1 Å². The van der Waals surface area contributed by atoms with Gasteiger partial charge in [0, 0.05) is 38.2 Å². The Balaban J connectivity index is 1.39. The lowest BCUT2D eigenvalue weighted by Crippen LogP contribution is -2.49. The number of nitrogens with zero attached hydrogens (tertiary/aromatic N) is 5. The first kappa shape index (κ1) is 16.4. The molecule has 0 spiro atoms. The van der Waals surface area contributed by atoms with Gasteiger partial charge in [-0.3, -0.25) is 4.79 Å². The van der Waals surface area contributed by atoms with E-state index in [4.69, 9.17) is 13.4 Å². The number of carbonyl (C=O) groups excluding carboxylic acids is 1. The summed E-state index contributed by atoms with van der Waals surface area (Å²) in [4.78, 5) is 16.3. The van der Waals surface area contributed by atoms with Gasteiger partial charge in [-0.05, 0) is 12.1 Å². The minimum atomic E-state index is -0.167. The van der Waals surface area contributed by atoms with E-state index < -0.39 is 0 Å². The monoisotopic (exact) mass is 357 g/mol. The minimum absolute atomic E-state index is 0.167. The average Bonchev–Trinajstić information content (AvgIpc) is 3.42. The molecule has 1 aliphatic heterocycles. The zero-order valence-corrected chi connectivity index (χ0v) is 14.6. The predicted molar refractivity (Wildman–Crippen MR) is 90.7 cm³/mol.